The Morgan fingerprint density at radius 2 is 1.79 bits per heavy atom. The number of hydrogen-bond donors (Lipinski definition) is 2. The van der Waals surface area contributed by atoms with Crippen molar-refractivity contribution in [3.05, 3.63) is 24.3 Å². The van der Waals surface area contributed by atoms with E-state index in [-0.39, 0.29) is 6.03 Å². The molecule has 2 N–H and O–H groups in total. The maximum atomic E-state index is 12.0. The van der Waals surface area contributed by atoms with Gasteiger partial charge in [-0.25, -0.2) is 4.79 Å². The lowest BCUT2D eigenvalue weighted by atomic mass is 10.0. The van der Waals surface area contributed by atoms with Crippen LogP contribution < -0.4 is 15.5 Å². The fourth-order valence-corrected chi connectivity index (χ4v) is 3.18. The van der Waals surface area contributed by atoms with Gasteiger partial charge in [-0.3, -0.25) is 0 Å². The lowest BCUT2D eigenvalue weighted by Crippen LogP contribution is -2.44. The highest BCUT2D eigenvalue weighted by molar-refractivity contribution is 5.89. The van der Waals surface area contributed by atoms with Crippen LogP contribution in [0.1, 0.15) is 12.8 Å². The van der Waals surface area contributed by atoms with Crippen molar-refractivity contribution in [1.82, 2.24) is 10.2 Å². The van der Waals surface area contributed by atoms with E-state index in [0.717, 1.165) is 57.9 Å². The summed E-state index contributed by atoms with van der Waals surface area (Å²) in [6.07, 6.45) is 2.06. The first-order valence-electron chi connectivity index (χ1n) is 8.87. The molecule has 2 aliphatic rings. The topological polar surface area (TPSA) is 56.8 Å². The van der Waals surface area contributed by atoms with Gasteiger partial charge in [0.1, 0.15) is 0 Å². The van der Waals surface area contributed by atoms with E-state index in [1.165, 1.54) is 5.69 Å². The predicted molar refractivity (Wildman–Crippen MR) is 96.7 cm³/mol. The van der Waals surface area contributed by atoms with Gasteiger partial charge in [-0.1, -0.05) is 0 Å². The quantitative estimate of drug-likeness (QED) is 0.885. The Balaban J connectivity index is 1.44. The maximum Gasteiger partial charge on any atom is 0.319 e. The minimum atomic E-state index is -0.131. The van der Waals surface area contributed by atoms with Gasteiger partial charge in [0.05, 0.1) is 0 Å². The first-order valence-corrected chi connectivity index (χ1v) is 8.87. The average Bonchev–Trinajstić information content (AvgIpc) is 2.62. The normalized spacial score (nSPS) is 20.0. The Labute approximate surface area is 144 Å². The number of amides is 2. The number of nitrogens with one attached hydrogen (secondary N) is 2. The van der Waals surface area contributed by atoms with Gasteiger partial charge in [0.15, 0.2) is 0 Å². The third-order valence-electron chi connectivity index (χ3n) is 4.89. The molecule has 0 aliphatic carbocycles. The number of rotatable bonds is 4. The number of benzene rings is 1. The number of carbonyl (C=O) groups excluding carboxylic acids is 1. The van der Waals surface area contributed by atoms with Crippen LogP contribution in [0.15, 0.2) is 24.3 Å². The molecule has 0 bridgehead atoms. The predicted octanol–water partition coefficient (Wildman–Crippen LogP) is 1.99. The van der Waals surface area contributed by atoms with Crippen molar-refractivity contribution in [3.8, 4) is 0 Å². The smallest absolute Gasteiger partial charge is 0.319 e. The number of likely N-dealkylation sites (N-methyl/N-ethyl adjacent to an activating group) is 1. The lowest BCUT2D eigenvalue weighted by Gasteiger charge is -2.34. The van der Waals surface area contributed by atoms with E-state index in [0.29, 0.717) is 12.5 Å². The van der Waals surface area contributed by atoms with Crippen LogP contribution >= 0.6 is 0 Å². The van der Waals surface area contributed by atoms with Crippen molar-refractivity contribution in [1.29, 1.82) is 0 Å². The molecular weight excluding hydrogens is 304 g/mol. The summed E-state index contributed by atoms with van der Waals surface area (Å²) in [5.41, 5.74) is 2.05. The number of piperazine rings is 1. The molecule has 0 saturated carbocycles. The van der Waals surface area contributed by atoms with Crippen molar-refractivity contribution in [3.63, 3.8) is 0 Å². The second-order valence-corrected chi connectivity index (χ2v) is 6.73. The van der Waals surface area contributed by atoms with E-state index in [4.69, 9.17) is 4.74 Å². The number of anilines is 2. The number of ether oxygens (including phenoxy) is 1. The van der Waals surface area contributed by atoms with Crippen LogP contribution in [-0.4, -0.2) is 63.9 Å². The maximum absolute atomic E-state index is 12.0. The monoisotopic (exact) mass is 332 g/mol. The first kappa shape index (κ1) is 17.0. The summed E-state index contributed by atoms with van der Waals surface area (Å²) in [6, 6.07) is 7.98. The summed E-state index contributed by atoms with van der Waals surface area (Å²) in [5.74, 6) is 0.532. The largest absolute Gasteiger partial charge is 0.381 e. The number of hydrogen-bond acceptors (Lipinski definition) is 4. The van der Waals surface area contributed by atoms with Crippen molar-refractivity contribution >= 4 is 17.4 Å². The van der Waals surface area contributed by atoms with E-state index in [1.54, 1.807) is 0 Å². The minimum absolute atomic E-state index is 0.131. The van der Waals surface area contributed by atoms with Gasteiger partial charge < -0.3 is 25.2 Å². The standard InChI is InChI=1S/C18H28N4O2/c1-21-8-10-22(11-9-21)17-4-2-16(3-5-17)20-18(23)19-14-15-6-12-24-13-7-15/h2-5,15H,6-14H2,1H3,(H2,19,20,23). The van der Waals surface area contributed by atoms with Crippen LogP contribution in [-0.2, 0) is 4.74 Å². The van der Waals surface area contributed by atoms with E-state index >= 15 is 0 Å². The van der Waals surface area contributed by atoms with Gasteiger partial charge in [-0.05, 0) is 50.1 Å². The average molecular weight is 332 g/mol. The highest BCUT2D eigenvalue weighted by atomic mass is 16.5. The molecule has 132 valence electrons. The SMILES string of the molecule is CN1CCN(c2ccc(NC(=O)NCC3CCOCC3)cc2)CC1. The zero-order valence-electron chi connectivity index (χ0n) is 14.5. The molecule has 2 amide bonds. The third kappa shape index (κ3) is 4.85. The summed E-state index contributed by atoms with van der Waals surface area (Å²) in [7, 11) is 2.16. The molecule has 0 radical (unpaired) electrons. The Morgan fingerprint density at radius 3 is 2.46 bits per heavy atom. The van der Waals surface area contributed by atoms with Gasteiger partial charge >= 0.3 is 6.03 Å². The molecular formula is C18H28N4O2. The van der Waals surface area contributed by atoms with Gasteiger partial charge in [0, 0.05) is 57.3 Å². The highest BCUT2D eigenvalue weighted by Crippen LogP contribution is 2.19. The molecule has 0 atom stereocenters. The third-order valence-corrected chi connectivity index (χ3v) is 4.89. The van der Waals surface area contributed by atoms with Crippen molar-refractivity contribution in [2.75, 3.05) is 63.2 Å². The number of carbonyl (C=O) groups is 1. The summed E-state index contributed by atoms with van der Waals surface area (Å²) in [6.45, 7) is 6.62. The van der Waals surface area contributed by atoms with Crippen molar-refractivity contribution in [2.45, 2.75) is 12.8 Å². The summed E-state index contributed by atoms with van der Waals surface area (Å²) < 4.78 is 5.33. The van der Waals surface area contributed by atoms with Crippen molar-refractivity contribution < 1.29 is 9.53 Å². The fraction of sp³-hybridized carbons (Fsp3) is 0.611. The molecule has 1 aromatic carbocycles. The van der Waals surface area contributed by atoms with Crippen molar-refractivity contribution in [2.24, 2.45) is 5.92 Å². The van der Waals surface area contributed by atoms with Gasteiger partial charge in [0.2, 0.25) is 0 Å². The van der Waals surface area contributed by atoms with E-state index < -0.39 is 0 Å². The van der Waals surface area contributed by atoms with Gasteiger partial charge in [-0.15, -0.1) is 0 Å². The van der Waals surface area contributed by atoms with Crippen LogP contribution in [0.4, 0.5) is 16.2 Å². The van der Waals surface area contributed by atoms with Gasteiger partial charge in [0.25, 0.3) is 0 Å². The van der Waals surface area contributed by atoms with Crippen LogP contribution in [0.3, 0.4) is 0 Å². The summed E-state index contributed by atoms with van der Waals surface area (Å²) in [5, 5.41) is 5.87. The minimum Gasteiger partial charge on any atom is -0.381 e. The van der Waals surface area contributed by atoms with E-state index in [2.05, 4.69) is 39.6 Å². The van der Waals surface area contributed by atoms with Crippen LogP contribution in [0, 0.1) is 5.92 Å². The molecule has 0 aromatic heterocycles. The summed E-state index contributed by atoms with van der Waals surface area (Å²) in [4.78, 5) is 16.7. The van der Waals surface area contributed by atoms with Gasteiger partial charge in [-0.2, -0.15) is 0 Å². The molecule has 2 saturated heterocycles. The highest BCUT2D eigenvalue weighted by Gasteiger charge is 2.15. The zero-order valence-corrected chi connectivity index (χ0v) is 14.5. The summed E-state index contributed by atoms with van der Waals surface area (Å²) >= 11 is 0. The van der Waals surface area contributed by atoms with Crippen LogP contribution in [0.2, 0.25) is 0 Å². The molecule has 3 rings (SSSR count). The molecule has 0 spiro atoms. The van der Waals surface area contributed by atoms with Crippen LogP contribution in [0.5, 0.6) is 0 Å². The molecule has 2 aliphatic heterocycles. The molecule has 6 heteroatoms. The Bertz CT molecular complexity index is 520. The van der Waals surface area contributed by atoms with E-state index in [1.807, 2.05) is 12.1 Å². The molecule has 6 nitrogen and oxygen atoms in total. The number of urea groups is 1. The zero-order chi connectivity index (χ0) is 16.8. The Hall–Kier alpha value is -1.79. The lowest BCUT2D eigenvalue weighted by molar-refractivity contribution is 0.0671. The van der Waals surface area contributed by atoms with Crippen LogP contribution in [0.25, 0.3) is 0 Å². The van der Waals surface area contributed by atoms with E-state index in [9.17, 15) is 4.79 Å². The molecule has 24 heavy (non-hydrogen) atoms. The second kappa shape index (κ2) is 8.35. The fourth-order valence-electron chi connectivity index (χ4n) is 3.18. The second-order valence-electron chi connectivity index (χ2n) is 6.73. The first-order chi connectivity index (χ1) is 11.7. The number of nitrogens with zero attached hydrogens (tertiary/aromatic N) is 2. The molecule has 2 fully saturated rings. The molecule has 1 aromatic rings. The molecule has 2 heterocycles. The molecule has 0 unspecified atom stereocenters. The Morgan fingerprint density at radius 1 is 1.12 bits per heavy atom. The Kier molecular flexibility index (Phi) is 5.93.